The number of pyridine rings is 2. The summed E-state index contributed by atoms with van der Waals surface area (Å²) in [5, 5.41) is 5.69. The highest BCUT2D eigenvalue weighted by molar-refractivity contribution is 6.30. The molecule has 0 radical (unpaired) electrons. The van der Waals surface area contributed by atoms with E-state index in [0.717, 1.165) is 6.07 Å². The minimum Gasteiger partial charge on any atom is -0.308 e. The third-order valence-corrected chi connectivity index (χ3v) is 5.09. The van der Waals surface area contributed by atoms with Gasteiger partial charge in [-0.15, -0.1) is 0 Å². The van der Waals surface area contributed by atoms with E-state index in [0.29, 0.717) is 29.2 Å². The summed E-state index contributed by atoms with van der Waals surface area (Å²) in [6, 6.07) is 12.6. The monoisotopic (exact) mass is 454 g/mol. The van der Waals surface area contributed by atoms with Gasteiger partial charge < -0.3 is 15.2 Å². The van der Waals surface area contributed by atoms with Crippen molar-refractivity contribution in [3.8, 4) is 11.1 Å². The molecule has 0 aliphatic carbocycles. The second-order valence-electron chi connectivity index (χ2n) is 6.93. The van der Waals surface area contributed by atoms with Gasteiger partial charge in [0, 0.05) is 35.4 Å². The fourth-order valence-corrected chi connectivity index (χ4v) is 3.56. The summed E-state index contributed by atoms with van der Waals surface area (Å²) >= 11 is 5.95. The molecule has 6 nitrogen and oxygen atoms in total. The number of aromatic nitrogens is 2. The number of rotatable bonds is 4. The van der Waals surface area contributed by atoms with E-state index in [-0.39, 0.29) is 22.0 Å². The van der Waals surface area contributed by atoms with Gasteiger partial charge >= 0.3 is 6.03 Å². The molecule has 2 aromatic carbocycles. The van der Waals surface area contributed by atoms with Crippen molar-refractivity contribution in [2.24, 2.45) is 0 Å². The summed E-state index contributed by atoms with van der Waals surface area (Å²) in [6.45, 7) is 2.07. The lowest BCUT2D eigenvalue weighted by molar-refractivity contribution is 0.262. The third kappa shape index (κ3) is 4.17. The Morgan fingerprint density at radius 3 is 2.50 bits per heavy atom. The molecule has 0 saturated heterocycles. The number of nitrogens with zero attached hydrogens (tertiary/aromatic N) is 2. The van der Waals surface area contributed by atoms with Crippen LogP contribution in [0.4, 0.5) is 25.0 Å². The zero-order chi connectivity index (χ0) is 22.8. The van der Waals surface area contributed by atoms with Crippen LogP contribution in [0.25, 0.3) is 22.0 Å². The third-order valence-electron chi connectivity index (χ3n) is 4.89. The van der Waals surface area contributed by atoms with Gasteiger partial charge in [-0.1, -0.05) is 29.8 Å². The second-order valence-corrected chi connectivity index (χ2v) is 7.32. The number of halogens is 3. The van der Waals surface area contributed by atoms with Gasteiger partial charge in [-0.25, -0.2) is 18.6 Å². The molecule has 0 atom stereocenters. The van der Waals surface area contributed by atoms with Crippen molar-refractivity contribution in [3.05, 3.63) is 87.9 Å². The van der Waals surface area contributed by atoms with Crippen molar-refractivity contribution >= 4 is 39.9 Å². The molecule has 9 heteroatoms. The van der Waals surface area contributed by atoms with Gasteiger partial charge in [-0.2, -0.15) is 0 Å². The SMILES string of the molecule is CCn1c(=O)c(-c2cc(NC(=O)Nc3ccccc3)c(F)cc2F)cc2cnc(Cl)cc21. The molecular weight excluding hydrogens is 438 g/mol. The molecule has 162 valence electrons. The normalized spacial score (nSPS) is 10.9. The number of fused-ring (bicyclic) bond motifs is 1. The molecule has 4 aromatic rings. The lowest BCUT2D eigenvalue weighted by Crippen LogP contribution is -2.22. The van der Waals surface area contributed by atoms with Crippen LogP contribution in [0.2, 0.25) is 5.15 Å². The molecule has 32 heavy (non-hydrogen) atoms. The van der Waals surface area contributed by atoms with Crippen LogP contribution in [0.3, 0.4) is 0 Å². The maximum Gasteiger partial charge on any atom is 0.323 e. The van der Waals surface area contributed by atoms with Crippen LogP contribution in [0.15, 0.2) is 65.6 Å². The fourth-order valence-electron chi connectivity index (χ4n) is 3.41. The van der Waals surface area contributed by atoms with Crippen LogP contribution >= 0.6 is 11.6 Å². The number of anilines is 2. The molecule has 0 fully saturated rings. The van der Waals surface area contributed by atoms with Crippen molar-refractivity contribution in [2.45, 2.75) is 13.5 Å². The van der Waals surface area contributed by atoms with Crippen LogP contribution in [0.5, 0.6) is 0 Å². The first kappa shape index (κ1) is 21.5. The van der Waals surface area contributed by atoms with Crippen LogP contribution in [-0.4, -0.2) is 15.6 Å². The highest BCUT2D eigenvalue weighted by atomic mass is 35.5. The van der Waals surface area contributed by atoms with Crippen molar-refractivity contribution in [2.75, 3.05) is 10.6 Å². The van der Waals surface area contributed by atoms with Crippen molar-refractivity contribution < 1.29 is 13.6 Å². The number of hydrogen-bond acceptors (Lipinski definition) is 3. The van der Waals surface area contributed by atoms with Crippen LogP contribution in [0, 0.1) is 11.6 Å². The Morgan fingerprint density at radius 2 is 1.78 bits per heavy atom. The number of para-hydroxylation sites is 1. The summed E-state index contributed by atoms with van der Waals surface area (Å²) in [4.78, 5) is 29.4. The number of hydrogen-bond donors (Lipinski definition) is 2. The zero-order valence-electron chi connectivity index (χ0n) is 16.8. The van der Waals surface area contributed by atoms with Gasteiger partial charge in [0.2, 0.25) is 0 Å². The van der Waals surface area contributed by atoms with E-state index in [9.17, 15) is 18.4 Å². The van der Waals surface area contributed by atoms with Crippen LogP contribution < -0.4 is 16.2 Å². The molecule has 2 amide bonds. The molecule has 2 heterocycles. The summed E-state index contributed by atoms with van der Waals surface area (Å²) in [7, 11) is 0. The molecular formula is C23H17ClF2N4O2. The molecule has 2 aromatic heterocycles. The quantitative estimate of drug-likeness (QED) is 0.391. The van der Waals surface area contributed by atoms with E-state index in [2.05, 4.69) is 15.6 Å². The fraction of sp³-hybridized carbons (Fsp3) is 0.0870. The minimum atomic E-state index is -0.973. The van der Waals surface area contributed by atoms with Crippen molar-refractivity contribution in [3.63, 3.8) is 0 Å². The van der Waals surface area contributed by atoms with Gasteiger partial charge in [0.25, 0.3) is 5.56 Å². The van der Waals surface area contributed by atoms with E-state index in [1.165, 1.54) is 16.8 Å². The smallest absolute Gasteiger partial charge is 0.308 e. The number of nitrogens with one attached hydrogen (secondary N) is 2. The van der Waals surface area contributed by atoms with Crippen LogP contribution in [0.1, 0.15) is 6.92 Å². The van der Waals surface area contributed by atoms with E-state index in [1.807, 2.05) is 0 Å². The molecule has 0 saturated carbocycles. The van der Waals surface area contributed by atoms with Crippen molar-refractivity contribution in [1.29, 1.82) is 0 Å². The summed E-state index contributed by atoms with van der Waals surface area (Å²) in [5.41, 5.74) is 0.153. The number of carbonyl (C=O) groups excluding carboxylic acids is 1. The second kappa shape index (κ2) is 8.76. The number of urea groups is 1. The number of amides is 2. The van der Waals surface area contributed by atoms with Gasteiger partial charge in [0.1, 0.15) is 16.8 Å². The van der Waals surface area contributed by atoms with Gasteiger partial charge in [-0.05, 0) is 37.3 Å². The lowest BCUT2D eigenvalue weighted by atomic mass is 10.0. The number of benzene rings is 2. The summed E-state index contributed by atoms with van der Waals surface area (Å²) < 4.78 is 30.6. The van der Waals surface area contributed by atoms with E-state index in [4.69, 9.17) is 11.6 Å². The zero-order valence-corrected chi connectivity index (χ0v) is 17.6. The molecule has 4 rings (SSSR count). The Kier molecular flexibility index (Phi) is 5.87. The first-order valence-corrected chi connectivity index (χ1v) is 10.1. The summed E-state index contributed by atoms with van der Waals surface area (Å²) in [6.07, 6.45) is 1.47. The summed E-state index contributed by atoms with van der Waals surface area (Å²) in [5.74, 6) is -1.91. The standard InChI is InChI=1S/C23H17ClF2N4O2/c1-2-30-20-11-21(24)27-12-13(20)8-16(22(30)31)15-9-19(18(26)10-17(15)25)29-23(32)28-14-6-4-3-5-7-14/h3-12H,2H2,1H3,(H2,28,29,32). The average molecular weight is 455 g/mol. The number of carbonyl (C=O) groups is 1. The van der Waals surface area contributed by atoms with Gasteiger partial charge in [0.05, 0.1) is 16.8 Å². The Labute approximate surface area is 186 Å². The minimum absolute atomic E-state index is 0.00694. The Morgan fingerprint density at radius 1 is 1.03 bits per heavy atom. The first-order valence-electron chi connectivity index (χ1n) is 9.69. The van der Waals surface area contributed by atoms with Crippen molar-refractivity contribution in [1.82, 2.24) is 9.55 Å². The van der Waals surface area contributed by atoms with E-state index in [1.54, 1.807) is 43.3 Å². The largest absolute Gasteiger partial charge is 0.323 e. The molecule has 0 unspecified atom stereocenters. The first-order chi connectivity index (χ1) is 15.4. The van der Waals surface area contributed by atoms with Gasteiger partial charge in [0.15, 0.2) is 0 Å². The maximum absolute atomic E-state index is 14.7. The predicted octanol–water partition coefficient (Wildman–Crippen LogP) is 5.66. The van der Waals surface area contributed by atoms with E-state index < -0.39 is 23.2 Å². The highest BCUT2D eigenvalue weighted by Gasteiger charge is 2.18. The maximum atomic E-state index is 14.7. The molecule has 0 bridgehead atoms. The topological polar surface area (TPSA) is 76.0 Å². The Hall–Kier alpha value is -3.78. The number of aryl methyl sites for hydroxylation is 1. The lowest BCUT2D eigenvalue weighted by Gasteiger charge is -2.14. The molecule has 0 spiro atoms. The van der Waals surface area contributed by atoms with Crippen LogP contribution in [-0.2, 0) is 6.54 Å². The van der Waals surface area contributed by atoms with E-state index >= 15 is 0 Å². The van der Waals surface area contributed by atoms with Gasteiger partial charge in [-0.3, -0.25) is 4.79 Å². The Bertz CT molecular complexity index is 1390. The molecule has 2 N–H and O–H groups in total. The molecule has 0 aliphatic heterocycles. The molecule has 0 aliphatic rings. The average Bonchev–Trinajstić information content (AvgIpc) is 2.76. The highest BCUT2D eigenvalue weighted by Crippen LogP contribution is 2.29. The Balaban J connectivity index is 1.77. The predicted molar refractivity (Wildman–Crippen MR) is 121 cm³/mol.